The first-order valence-electron chi connectivity index (χ1n) is 8.53. The van der Waals surface area contributed by atoms with Crippen molar-refractivity contribution in [2.24, 2.45) is 0 Å². The monoisotopic (exact) mass is 352 g/mol. The van der Waals surface area contributed by atoms with Gasteiger partial charge < -0.3 is 4.90 Å². The zero-order valence-electron chi connectivity index (χ0n) is 15.1. The normalized spacial score (nSPS) is 17.6. The highest BCUT2D eigenvalue weighted by Gasteiger charge is 2.26. The van der Waals surface area contributed by atoms with Crippen LogP contribution >= 0.6 is 0 Å². The highest BCUT2D eigenvalue weighted by molar-refractivity contribution is 7.89. The van der Waals surface area contributed by atoms with Gasteiger partial charge in [-0.25, -0.2) is 12.7 Å². The fraction of sp³-hybridized carbons (Fsp3) is 0.611. The summed E-state index contributed by atoms with van der Waals surface area (Å²) in [6, 6.07) is 7.74. The molecule has 1 aromatic rings. The van der Waals surface area contributed by atoms with Gasteiger partial charge in [0.1, 0.15) is 0 Å². The molecule has 5 nitrogen and oxygen atoms in total. The van der Waals surface area contributed by atoms with Crippen LogP contribution in [0.5, 0.6) is 0 Å². The van der Waals surface area contributed by atoms with E-state index in [0.29, 0.717) is 38.2 Å². The number of sulfonamides is 1. The van der Waals surface area contributed by atoms with Gasteiger partial charge in [-0.3, -0.25) is 4.79 Å². The lowest BCUT2D eigenvalue weighted by Gasteiger charge is -2.23. The van der Waals surface area contributed by atoms with Crippen molar-refractivity contribution in [3.8, 4) is 0 Å². The summed E-state index contributed by atoms with van der Waals surface area (Å²) >= 11 is 0. The molecule has 0 aliphatic carbocycles. The van der Waals surface area contributed by atoms with Gasteiger partial charge in [-0.1, -0.05) is 32.9 Å². The Morgan fingerprint density at radius 3 is 2.21 bits per heavy atom. The SMILES string of the molecule is CCS(=O)(=O)N1CCCN(C(=O)c2ccc(C(C)(C)C)cc2)CC1. The molecule has 1 aromatic carbocycles. The van der Waals surface area contributed by atoms with Crippen molar-refractivity contribution in [1.29, 1.82) is 0 Å². The Labute approximate surface area is 145 Å². The first-order valence-corrected chi connectivity index (χ1v) is 10.1. The summed E-state index contributed by atoms with van der Waals surface area (Å²) in [6.45, 7) is 9.98. The molecule has 2 rings (SSSR count). The highest BCUT2D eigenvalue weighted by Crippen LogP contribution is 2.22. The molecule has 0 N–H and O–H groups in total. The fourth-order valence-corrected chi connectivity index (χ4v) is 3.99. The predicted molar refractivity (Wildman–Crippen MR) is 96.7 cm³/mol. The van der Waals surface area contributed by atoms with E-state index in [-0.39, 0.29) is 17.1 Å². The minimum absolute atomic E-state index is 0.0220. The Morgan fingerprint density at radius 2 is 1.67 bits per heavy atom. The second kappa shape index (κ2) is 7.23. The summed E-state index contributed by atoms with van der Waals surface area (Å²) in [5.41, 5.74) is 1.91. The Bertz CT molecular complexity index is 675. The average Bonchev–Trinajstić information content (AvgIpc) is 2.80. The second-order valence-electron chi connectivity index (χ2n) is 7.27. The van der Waals surface area contributed by atoms with Crippen LogP contribution in [-0.2, 0) is 15.4 Å². The van der Waals surface area contributed by atoms with Gasteiger partial charge in [0, 0.05) is 31.7 Å². The highest BCUT2D eigenvalue weighted by atomic mass is 32.2. The summed E-state index contributed by atoms with van der Waals surface area (Å²) in [4.78, 5) is 14.5. The topological polar surface area (TPSA) is 57.7 Å². The number of amides is 1. The van der Waals surface area contributed by atoms with Gasteiger partial charge in [0.15, 0.2) is 0 Å². The quantitative estimate of drug-likeness (QED) is 0.840. The molecule has 0 bridgehead atoms. The van der Waals surface area contributed by atoms with E-state index in [1.165, 1.54) is 9.87 Å². The van der Waals surface area contributed by atoms with E-state index in [9.17, 15) is 13.2 Å². The van der Waals surface area contributed by atoms with Crippen molar-refractivity contribution in [1.82, 2.24) is 9.21 Å². The molecule has 0 aromatic heterocycles. The maximum absolute atomic E-state index is 12.7. The lowest BCUT2D eigenvalue weighted by molar-refractivity contribution is 0.0764. The van der Waals surface area contributed by atoms with Crippen LogP contribution < -0.4 is 0 Å². The third-order valence-electron chi connectivity index (χ3n) is 4.50. The molecule has 134 valence electrons. The van der Waals surface area contributed by atoms with E-state index in [2.05, 4.69) is 20.8 Å². The molecule has 6 heteroatoms. The second-order valence-corrected chi connectivity index (χ2v) is 9.53. The summed E-state index contributed by atoms with van der Waals surface area (Å²) in [5.74, 6) is 0.0843. The molecule has 0 unspecified atom stereocenters. The minimum Gasteiger partial charge on any atom is -0.337 e. The molecule has 0 radical (unpaired) electrons. The van der Waals surface area contributed by atoms with Gasteiger partial charge >= 0.3 is 0 Å². The molecule has 1 aliphatic rings. The Kier molecular flexibility index (Phi) is 5.71. The van der Waals surface area contributed by atoms with Crippen molar-refractivity contribution in [3.05, 3.63) is 35.4 Å². The summed E-state index contributed by atoms with van der Waals surface area (Å²) in [6.07, 6.45) is 0.672. The molecule has 24 heavy (non-hydrogen) atoms. The van der Waals surface area contributed by atoms with Gasteiger partial charge in [-0.2, -0.15) is 0 Å². The van der Waals surface area contributed by atoms with Crippen LogP contribution in [-0.4, -0.2) is 55.5 Å². The molecule has 1 aliphatic heterocycles. The first kappa shape index (κ1) is 18.9. The molecular formula is C18H28N2O3S. The molecule has 0 saturated carbocycles. The third kappa shape index (κ3) is 4.36. The maximum Gasteiger partial charge on any atom is 0.253 e. The van der Waals surface area contributed by atoms with Crippen LogP contribution in [0.2, 0.25) is 0 Å². The van der Waals surface area contributed by atoms with E-state index < -0.39 is 10.0 Å². The average molecular weight is 353 g/mol. The largest absolute Gasteiger partial charge is 0.337 e. The standard InChI is InChI=1S/C18H28N2O3S/c1-5-24(22,23)20-12-6-11-19(13-14-20)17(21)15-7-9-16(10-8-15)18(2,3)4/h7-10H,5-6,11-14H2,1-4H3. The summed E-state index contributed by atoms with van der Waals surface area (Å²) in [5, 5.41) is 0. The number of carbonyl (C=O) groups is 1. The molecule has 1 fully saturated rings. The molecule has 1 heterocycles. The van der Waals surface area contributed by atoms with Crippen molar-refractivity contribution < 1.29 is 13.2 Å². The molecule has 0 spiro atoms. The smallest absolute Gasteiger partial charge is 0.253 e. The van der Waals surface area contributed by atoms with Crippen molar-refractivity contribution in [3.63, 3.8) is 0 Å². The van der Waals surface area contributed by atoms with E-state index in [0.717, 1.165) is 0 Å². The van der Waals surface area contributed by atoms with Crippen LogP contribution in [0.1, 0.15) is 50.0 Å². The number of rotatable bonds is 3. The lowest BCUT2D eigenvalue weighted by Crippen LogP contribution is -2.37. The van der Waals surface area contributed by atoms with Gasteiger partial charge in [0.05, 0.1) is 5.75 Å². The summed E-state index contributed by atoms with van der Waals surface area (Å²) < 4.78 is 25.5. The van der Waals surface area contributed by atoms with E-state index >= 15 is 0 Å². The maximum atomic E-state index is 12.7. The number of hydrogen-bond donors (Lipinski definition) is 0. The molecule has 0 atom stereocenters. The Hall–Kier alpha value is -1.40. The van der Waals surface area contributed by atoms with E-state index in [4.69, 9.17) is 0 Å². The van der Waals surface area contributed by atoms with Gasteiger partial charge in [0.25, 0.3) is 5.91 Å². The van der Waals surface area contributed by atoms with E-state index in [1.54, 1.807) is 11.8 Å². The van der Waals surface area contributed by atoms with Crippen LogP contribution in [0.15, 0.2) is 24.3 Å². The van der Waals surface area contributed by atoms with Crippen LogP contribution in [0.25, 0.3) is 0 Å². The number of carbonyl (C=O) groups excluding carboxylic acids is 1. The van der Waals surface area contributed by atoms with Gasteiger partial charge in [0.2, 0.25) is 10.0 Å². The molecule has 1 amide bonds. The van der Waals surface area contributed by atoms with Gasteiger partial charge in [-0.05, 0) is 36.5 Å². The number of hydrogen-bond acceptors (Lipinski definition) is 3. The molecular weight excluding hydrogens is 324 g/mol. The number of benzene rings is 1. The van der Waals surface area contributed by atoms with Crippen LogP contribution in [0, 0.1) is 0 Å². The van der Waals surface area contributed by atoms with Crippen molar-refractivity contribution in [2.75, 3.05) is 31.9 Å². The van der Waals surface area contributed by atoms with Gasteiger partial charge in [-0.15, -0.1) is 0 Å². The van der Waals surface area contributed by atoms with E-state index in [1.807, 2.05) is 24.3 Å². The Balaban J connectivity index is 2.08. The fourth-order valence-electron chi connectivity index (χ4n) is 2.85. The number of nitrogens with zero attached hydrogens (tertiary/aromatic N) is 2. The molecule has 1 saturated heterocycles. The third-order valence-corrected chi connectivity index (χ3v) is 6.38. The van der Waals surface area contributed by atoms with Crippen LogP contribution in [0.4, 0.5) is 0 Å². The zero-order chi connectivity index (χ0) is 18.0. The predicted octanol–water partition coefficient (Wildman–Crippen LogP) is 2.48. The van der Waals surface area contributed by atoms with Crippen molar-refractivity contribution in [2.45, 2.75) is 39.5 Å². The van der Waals surface area contributed by atoms with Crippen LogP contribution in [0.3, 0.4) is 0 Å². The lowest BCUT2D eigenvalue weighted by atomic mass is 9.86. The Morgan fingerprint density at radius 1 is 1.04 bits per heavy atom. The minimum atomic E-state index is -3.18. The van der Waals surface area contributed by atoms with Crippen molar-refractivity contribution >= 4 is 15.9 Å². The summed E-state index contributed by atoms with van der Waals surface area (Å²) in [7, 11) is -3.18. The first-order chi connectivity index (χ1) is 11.1. The zero-order valence-corrected chi connectivity index (χ0v) is 15.9.